The number of carbonyl (C=O) groups excluding carboxylic acids is 2. The summed E-state index contributed by atoms with van der Waals surface area (Å²) in [6.07, 6.45) is 2.75. The van der Waals surface area contributed by atoms with Crippen molar-refractivity contribution in [2.24, 2.45) is 0 Å². The lowest BCUT2D eigenvalue weighted by Gasteiger charge is -2.13. The van der Waals surface area contributed by atoms with E-state index in [1.165, 1.54) is 35.4 Å². The first-order valence-corrected chi connectivity index (χ1v) is 13.2. The smallest absolute Gasteiger partial charge is 0.293 e. The first kappa shape index (κ1) is 28.0. The van der Waals surface area contributed by atoms with E-state index in [2.05, 4.69) is 29.9 Å². The number of H-pyrrole nitrogens is 2. The van der Waals surface area contributed by atoms with E-state index in [1.807, 2.05) is 74.5 Å². The van der Waals surface area contributed by atoms with E-state index in [-0.39, 0.29) is 46.4 Å². The maximum absolute atomic E-state index is 12.2. The van der Waals surface area contributed by atoms with Crippen LogP contribution in [0.4, 0.5) is 0 Å². The Labute approximate surface area is 239 Å². The predicted molar refractivity (Wildman–Crippen MR) is 157 cm³/mol. The Hall–Kier alpha value is -5.52. The Morgan fingerprint density at radius 3 is 1.33 bits per heavy atom. The molecule has 2 N–H and O–H groups in total. The SMILES string of the molecule is CC(=O)c1cnc2[nH]c(=O)n([C@@H](C)c3ccccc3)c2n1.CC(=O)c1cnc2[nH]c(=O)n([C@@H](C)c3ccccc3)c2n1. The second-order valence-corrected chi connectivity index (χ2v) is 9.74. The highest BCUT2D eigenvalue weighted by molar-refractivity contribution is 5.93. The summed E-state index contributed by atoms with van der Waals surface area (Å²) in [5, 5.41) is 0. The molecule has 4 aromatic heterocycles. The molecule has 0 unspecified atom stereocenters. The largest absolute Gasteiger partial charge is 0.329 e. The normalized spacial score (nSPS) is 12.5. The second-order valence-electron chi connectivity index (χ2n) is 9.74. The van der Waals surface area contributed by atoms with E-state index in [9.17, 15) is 19.2 Å². The van der Waals surface area contributed by atoms with Gasteiger partial charge in [-0.2, -0.15) is 0 Å². The van der Waals surface area contributed by atoms with Gasteiger partial charge in [-0.15, -0.1) is 0 Å². The number of hydrogen-bond donors (Lipinski definition) is 2. The number of aromatic amines is 2. The molecule has 12 heteroatoms. The second kappa shape index (κ2) is 11.5. The van der Waals surface area contributed by atoms with Gasteiger partial charge in [-0.25, -0.2) is 29.5 Å². The molecular formula is C30H28N8O4. The third-order valence-corrected chi connectivity index (χ3v) is 6.91. The van der Waals surface area contributed by atoms with Gasteiger partial charge in [0.15, 0.2) is 34.2 Å². The summed E-state index contributed by atoms with van der Waals surface area (Å²) >= 11 is 0. The van der Waals surface area contributed by atoms with Gasteiger partial charge in [0.2, 0.25) is 0 Å². The Kier molecular flexibility index (Phi) is 7.69. The molecule has 0 aliphatic rings. The van der Waals surface area contributed by atoms with Crippen LogP contribution in [0, 0.1) is 0 Å². The summed E-state index contributed by atoms with van der Waals surface area (Å²) in [4.78, 5) is 69.3. The third kappa shape index (κ3) is 5.42. The molecular weight excluding hydrogens is 536 g/mol. The van der Waals surface area contributed by atoms with Crippen LogP contribution >= 0.6 is 0 Å². The number of carbonyl (C=O) groups is 2. The highest BCUT2D eigenvalue weighted by Gasteiger charge is 2.19. The average Bonchev–Trinajstić information content (AvgIpc) is 3.51. The number of benzene rings is 2. The molecule has 0 bridgehead atoms. The van der Waals surface area contributed by atoms with Crippen molar-refractivity contribution in [3.05, 3.63) is 117 Å². The maximum Gasteiger partial charge on any atom is 0.329 e. The molecule has 6 aromatic rings. The number of ketones is 2. The molecule has 212 valence electrons. The van der Waals surface area contributed by atoms with E-state index in [0.717, 1.165) is 11.1 Å². The number of aromatic nitrogens is 8. The topological polar surface area (TPSA) is 161 Å². The van der Waals surface area contributed by atoms with Gasteiger partial charge in [-0.3, -0.25) is 28.7 Å². The molecule has 2 aromatic carbocycles. The van der Waals surface area contributed by atoms with Crippen LogP contribution in [-0.4, -0.2) is 50.6 Å². The highest BCUT2D eigenvalue weighted by atomic mass is 16.2. The fraction of sp³-hybridized carbons (Fsp3) is 0.200. The van der Waals surface area contributed by atoms with Crippen LogP contribution in [0.5, 0.6) is 0 Å². The summed E-state index contributed by atoms with van der Waals surface area (Å²) < 4.78 is 3.04. The lowest BCUT2D eigenvalue weighted by Crippen LogP contribution is -2.21. The van der Waals surface area contributed by atoms with Crippen molar-refractivity contribution in [1.82, 2.24) is 39.0 Å². The molecule has 0 aliphatic heterocycles. The van der Waals surface area contributed by atoms with E-state index >= 15 is 0 Å². The van der Waals surface area contributed by atoms with Crippen LogP contribution in [0.1, 0.15) is 71.9 Å². The molecule has 0 aliphatic carbocycles. The summed E-state index contributed by atoms with van der Waals surface area (Å²) in [5.74, 6) is -0.367. The van der Waals surface area contributed by atoms with Crippen molar-refractivity contribution < 1.29 is 9.59 Å². The molecule has 0 amide bonds. The quantitative estimate of drug-likeness (QED) is 0.288. The van der Waals surface area contributed by atoms with Crippen molar-refractivity contribution in [2.45, 2.75) is 39.8 Å². The molecule has 0 saturated carbocycles. The predicted octanol–water partition coefficient (Wildman–Crippen LogP) is 3.86. The summed E-state index contributed by atoms with van der Waals surface area (Å²) in [5.41, 5.74) is 3.43. The zero-order valence-corrected chi connectivity index (χ0v) is 23.4. The molecule has 0 spiro atoms. The van der Waals surface area contributed by atoms with Crippen LogP contribution < -0.4 is 11.4 Å². The van der Waals surface area contributed by atoms with Gasteiger partial charge >= 0.3 is 11.4 Å². The van der Waals surface area contributed by atoms with Gasteiger partial charge in [-0.1, -0.05) is 60.7 Å². The minimum atomic E-state index is -0.290. The lowest BCUT2D eigenvalue weighted by molar-refractivity contribution is 0.1000. The van der Waals surface area contributed by atoms with Crippen LogP contribution in [0.15, 0.2) is 82.6 Å². The van der Waals surface area contributed by atoms with Gasteiger partial charge in [0.25, 0.3) is 0 Å². The van der Waals surface area contributed by atoms with Crippen molar-refractivity contribution in [3.63, 3.8) is 0 Å². The fourth-order valence-corrected chi connectivity index (χ4v) is 4.61. The Balaban J connectivity index is 0.000000168. The molecule has 4 heterocycles. The monoisotopic (exact) mass is 564 g/mol. The molecule has 0 radical (unpaired) electrons. The maximum atomic E-state index is 12.2. The number of hydrogen-bond acceptors (Lipinski definition) is 8. The lowest BCUT2D eigenvalue weighted by atomic mass is 10.1. The van der Waals surface area contributed by atoms with Crippen molar-refractivity contribution in [2.75, 3.05) is 0 Å². The first-order chi connectivity index (χ1) is 20.2. The van der Waals surface area contributed by atoms with Gasteiger partial charge < -0.3 is 0 Å². The van der Waals surface area contributed by atoms with E-state index < -0.39 is 0 Å². The number of imidazole rings is 2. The molecule has 42 heavy (non-hydrogen) atoms. The zero-order chi connectivity index (χ0) is 30.0. The molecule has 0 saturated heterocycles. The molecule has 12 nitrogen and oxygen atoms in total. The summed E-state index contributed by atoms with van der Waals surface area (Å²) in [7, 11) is 0. The molecule has 2 atom stereocenters. The van der Waals surface area contributed by atoms with E-state index in [4.69, 9.17) is 0 Å². The van der Waals surface area contributed by atoms with Crippen LogP contribution in [0.25, 0.3) is 22.6 Å². The first-order valence-electron chi connectivity index (χ1n) is 13.2. The number of fused-ring (bicyclic) bond motifs is 2. The zero-order valence-electron chi connectivity index (χ0n) is 23.4. The van der Waals surface area contributed by atoms with E-state index in [1.54, 1.807) is 0 Å². The van der Waals surface area contributed by atoms with Gasteiger partial charge in [0, 0.05) is 13.8 Å². The summed E-state index contributed by atoms with van der Waals surface area (Å²) in [6, 6.07) is 18.9. The average molecular weight is 565 g/mol. The van der Waals surface area contributed by atoms with Gasteiger partial charge in [0.05, 0.1) is 24.5 Å². The Bertz CT molecular complexity index is 1880. The van der Waals surface area contributed by atoms with Crippen molar-refractivity contribution >= 4 is 34.2 Å². The number of nitrogens with zero attached hydrogens (tertiary/aromatic N) is 6. The Morgan fingerprint density at radius 1 is 0.643 bits per heavy atom. The van der Waals surface area contributed by atoms with Crippen molar-refractivity contribution in [3.8, 4) is 0 Å². The number of Topliss-reactive ketones (excluding diaryl/α,β-unsaturated/α-hetero) is 2. The third-order valence-electron chi connectivity index (χ3n) is 6.91. The van der Waals surface area contributed by atoms with Crippen LogP contribution in [0.3, 0.4) is 0 Å². The minimum Gasteiger partial charge on any atom is -0.293 e. The van der Waals surface area contributed by atoms with Crippen LogP contribution in [-0.2, 0) is 0 Å². The van der Waals surface area contributed by atoms with Crippen molar-refractivity contribution in [1.29, 1.82) is 0 Å². The number of rotatable bonds is 6. The fourth-order valence-electron chi connectivity index (χ4n) is 4.61. The minimum absolute atomic E-state index is 0.183. The molecule has 0 fully saturated rings. The highest BCUT2D eigenvalue weighted by Crippen LogP contribution is 2.20. The number of nitrogens with one attached hydrogen (secondary N) is 2. The standard InChI is InChI=1S/2C15H14N4O2/c2*1-9(11-6-4-3-5-7-11)19-14-13(18-15(19)21)16-8-12(17-14)10(2)20/h2*3-9H,1-2H3,(H,16,18,21)/t2*9-/m00/s1. The van der Waals surface area contributed by atoms with Crippen LogP contribution in [0.2, 0.25) is 0 Å². The molecule has 6 rings (SSSR count). The van der Waals surface area contributed by atoms with Gasteiger partial charge in [-0.05, 0) is 25.0 Å². The van der Waals surface area contributed by atoms with E-state index in [0.29, 0.717) is 22.6 Å². The van der Waals surface area contributed by atoms with Gasteiger partial charge in [0.1, 0.15) is 11.4 Å². The Morgan fingerprint density at radius 2 is 1.00 bits per heavy atom. The summed E-state index contributed by atoms with van der Waals surface area (Å²) in [6.45, 7) is 6.66.